The van der Waals surface area contributed by atoms with Gasteiger partial charge in [0.2, 0.25) is 11.8 Å². The summed E-state index contributed by atoms with van der Waals surface area (Å²) in [6.07, 6.45) is 5.38. The number of hydrogen-bond donors (Lipinski definition) is 3. The lowest BCUT2D eigenvalue weighted by molar-refractivity contribution is -0.131. The molecule has 126 valence electrons. The minimum Gasteiger partial charge on any atom is -0.394 e. The molecule has 23 heavy (non-hydrogen) atoms. The first-order chi connectivity index (χ1) is 11.1. The molecule has 0 radical (unpaired) electrons. The summed E-state index contributed by atoms with van der Waals surface area (Å²) < 4.78 is 0. The van der Waals surface area contributed by atoms with Crippen molar-refractivity contribution in [1.29, 1.82) is 0 Å². The molecule has 2 amide bonds. The molecule has 0 spiro atoms. The van der Waals surface area contributed by atoms with Gasteiger partial charge in [-0.05, 0) is 25.3 Å². The molecule has 1 aliphatic rings. The van der Waals surface area contributed by atoms with Gasteiger partial charge in [-0.2, -0.15) is 0 Å². The number of aliphatic hydroxyl groups is 1. The number of amides is 2. The third kappa shape index (κ3) is 5.06. The van der Waals surface area contributed by atoms with E-state index in [1.54, 1.807) is 6.92 Å². The van der Waals surface area contributed by atoms with Gasteiger partial charge in [-0.25, -0.2) is 0 Å². The Balaban J connectivity index is 1.89. The first-order valence-corrected chi connectivity index (χ1v) is 8.38. The van der Waals surface area contributed by atoms with Crippen LogP contribution in [0.1, 0.15) is 50.5 Å². The zero-order valence-corrected chi connectivity index (χ0v) is 13.6. The fraction of sp³-hybridized carbons (Fsp3) is 0.556. The van der Waals surface area contributed by atoms with Crippen molar-refractivity contribution in [3.63, 3.8) is 0 Å². The molecule has 5 nitrogen and oxygen atoms in total. The summed E-state index contributed by atoms with van der Waals surface area (Å²) in [6.45, 7) is 1.39. The van der Waals surface area contributed by atoms with Crippen molar-refractivity contribution in [3.05, 3.63) is 35.9 Å². The molecule has 1 saturated carbocycles. The first-order valence-electron chi connectivity index (χ1n) is 8.38. The number of hydrogen-bond acceptors (Lipinski definition) is 3. The van der Waals surface area contributed by atoms with Gasteiger partial charge in [0.05, 0.1) is 12.5 Å². The van der Waals surface area contributed by atoms with E-state index in [9.17, 15) is 14.7 Å². The van der Waals surface area contributed by atoms with Gasteiger partial charge in [0, 0.05) is 6.04 Å². The molecule has 1 aromatic carbocycles. The Morgan fingerprint density at radius 2 is 1.78 bits per heavy atom. The average molecular weight is 318 g/mol. The second kappa shape index (κ2) is 8.67. The molecule has 2 rings (SSSR count). The predicted molar refractivity (Wildman–Crippen MR) is 88.9 cm³/mol. The molecule has 0 saturated heterocycles. The molecule has 0 aliphatic heterocycles. The number of carbonyl (C=O) groups excluding carboxylic acids is 2. The van der Waals surface area contributed by atoms with Gasteiger partial charge in [0.25, 0.3) is 0 Å². The van der Waals surface area contributed by atoms with Gasteiger partial charge < -0.3 is 15.7 Å². The molecular weight excluding hydrogens is 292 g/mol. The van der Waals surface area contributed by atoms with Crippen molar-refractivity contribution < 1.29 is 14.7 Å². The van der Waals surface area contributed by atoms with Crippen LogP contribution in [0.3, 0.4) is 0 Å². The van der Waals surface area contributed by atoms with Crippen LogP contribution in [-0.2, 0) is 9.59 Å². The van der Waals surface area contributed by atoms with E-state index in [1.165, 1.54) is 6.42 Å². The maximum absolute atomic E-state index is 12.3. The molecule has 3 N–H and O–H groups in total. The highest BCUT2D eigenvalue weighted by atomic mass is 16.3. The molecule has 0 bridgehead atoms. The minimum absolute atomic E-state index is 0.161. The first kappa shape index (κ1) is 17.5. The van der Waals surface area contributed by atoms with E-state index >= 15 is 0 Å². The summed E-state index contributed by atoms with van der Waals surface area (Å²) >= 11 is 0. The average Bonchev–Trinajstić information content (AvgIpc) is 2.60. The highest BCUT2D eigenvalue weighted by Crippen LogP contribution is 2.18. The van der Waals surface area contributed by atoms with Gasteiger partial charge in [-0.1, -0.05) is 49.6 Å². The van der Waals surface area contributed by atoms with E-state index in [0.29, 0.717) is 0 Å². The largest absolute Gasteiger partial charge is 0.394 e. The third-order valence-electron chi connectivity index (χ3n) is 4.46. The van der Waals surface area contributed by atoms with E-state index < -0.39 is 12.6 Å². The van der Waals surface area contributed by atoms with Crippen LogP contribution in [0, 0.1) is 0 Å². The number of benzene rings is 1. The molecule has 1 fully saturated rings. The predicted octanol–water partition coefficient (Wildman–Crippen LogP) is 1.72. The lowest BCUT2D eigenvalue weighted by atomic mass is 9.95. The summed E-state index contributed by atoms with van der Waals surface area (Å²) in [5.74, 6) is -0.921. The Morgan fingerprint density at radius 3 is 2.39 bits per heavy atom. The van der Waals surface area contributed by atoms with E-state index in [0.717, 1.165) is 31.2 Å². The van der Waals surface area contributed by atoms with Gasteiger partial charge in [-0.15, -0.1) is 0 Å². The molecule has 1 aliphatic carbocycles. The molecule has 0 aromatic heterocycles. The van der Waals surface area contributed by atoms with Crippen molar-refractivity contribution in [1.82, 2.24) is 10.6 Å². The monoisotopic (exact) mass is 318 g/mol. The van der Waals surface area contributed by atoms with E-state index in [2.05, 4.69) is 10.6 Å². The van der Waals surface area contributed by atoms with Crippen LogP contribution in [0.2, 0.25) is 0 Å². The van der Waals surface area contributed by atoms with Crippen LogP contribution in [0.4, 0.5) is 0 Å². The molecule has 2 unspecified atom stereocenters. The van der Waals surface area contributed by atoms with Crippen molar-refractivity contribution in [2.45, 2.75) is 57.0 Å². The standard InChI is InChI=1S/C18H26N2O3/c1-13(14-8-4-2-5-9-14)17(22)20-16(12-21)18(23)19-15-10-6-3-7-11-15/h2,4-5,8-9,13,15-16,21H,3,6-7,10-12H2,1H3,(H,19,23)(H,20,22). The Kier molecular flexibility index (Phi) is 6.59. The fourth-order valence-corrected chi connectivity index (χ4v) is 2.93. The summed E-state index contributed by atoms with van der Waals surface area (Å²) in [5.41, 5.74) is 0.884. The fourth-order valence-electron chi connectivity index (χ4n) is 2.93. The van der Waals surface area contributed by atoms with Crippen LogP contribution < -0.4 is 10.6 Å². The second-order valence-electron chi connectivity index (χ2n) is 6.22. The molecular formula is C18H26N2O3. The van der Waals surface area contributed by atoms with Crippen molar-refractivity contribution >= 4 is 11.8 Å². The molecule has 1 aromatic rings. The molecule has 0 heterocycles. The van der Waals surface area contributed by atoms with Gasteiger partial charge in [0.1, 0.15) is 6.04 Å². The Labute approximate surface area is 137 Å². The lowest BCUT2D eigenvalue weighted by Crippen LogP contribution is -2.52. The van der Waals surface area contributed by atoms with Crippen LogP contribution in [0.25, 0.3) is 0 Å². The Hall–Kier alpha value is -1.88. The highest BCUT2D eigenvalue weighted by Gasteiger charge is 2.25. The van der Waals surface area contributed by atoms with Gasteiger partial charge in [-0.3, -0.25) is 9.59 Å². The Bertz CT molecular complexity index is 512. The number of nitrogens with one attached hydrogen (secondary N) is 2. The summed E-state index contributed by atoms with van der Waals surface area (Å²) in [7, 11) is 0. The SMILES string of the molecule is CC(C(=O)NC(CO)C(=O)NC1CCCCC1)c1ccccc1. The normalized spacial score (nSPS) is 18.0. The summed E-state index contributed by atoms with van der Waals surface area (Å²) in [6, 6.07) is 8.66. The number of rotatable bonds is 6. The lowest BCUT2D eigenvalue weighted by Gasteiger charge is -2.26. The van der Waals surface area contributed by atoms with E-state index in [-0.39, 0.29) is 23.8 Å². The topological polar surface area (TPSA) is 78.4 Å². The molecule has 5 heteroatoms. The summed E-state index contributed by atoms with van der Waals surface area (Å²) in [5, 5.41) is 15.0. The maximum Gasteiger partial charge on any atom is 0.245 e. The van der Waals surface area contributed by atoms with E-state index in [1.807, 2.05) is 30.3 Å². The van der Waals surface area contributed by atoms with Crippen LogP contribution in [-0.4, -0.2) is 35.6 Å². The van der Waals surface area contributed by atoms with Crippen LogP contribution in [0.15, 0.2) is 30.3 Å². The molecule has 2 atom stereocenters. The quantitative estimate of drug-likeness (QED) is 0.747. The van der Waals surface area contributed by atoms with Gasteiger partial charge >= 0.3 is 0 Å². The van der Waals surface area contributed by atoms with Crippen molar-refractivity contribution in [2.24, 2.45) is 0 Å². The summed E-state index contributed by atoms with van der Waals surface area (Å²) in [4.78, 5) is 24.6. The Morgan fingerprint density at radius 1 is 1.13 bits per heavy atom. The van der Waals surface area contributed by atoms with Crippen LogP contribution >= 0.6 is 0 Å². The van der Waals surface area contributed by atoms with Crippen molar-refractivity contribution in [2.75, 3.05) is 6.61 Å². The zero-order valence-electron chi connectivity index (χ0n) is 13.6. The van der Waals surface area contributed by atoms with Gasteiger partial charge in [0.15, 0.2) is 0 Å². The second-order valence-corrected chi connectivity index (χ2v) is 6.22. The van der Waals surface area contributed by atoms with Crippen LogP contribution in [0.5, 0.6) is 0 Å². The number of carbonyl (C=O) groups is 2. The minimum atomic E-state index is -0.893. The highest BCUT2D eigenvalue weighted by molar-refractivity contribution is 5.90. The van der Waals surface area contributed by atoms with Crippen molar-refractivity contribution in [3.8, 4) is 0 Å². The third-order valence-corrected chi connectivity index (χ3v) is 4.46. The maximum atomic E-state index is 12.3. The number of aliphatic hydroxyl groups excluding tert-OH is 1. The zero-order chi connectivity index (χ0) is 16.7. The smallest absolute Gasteiger partial charge is 0.245 e. The van der Waals surface area contributed by atoms with E-state index in [4.69, 9.17) is 0 Å².